The molecule has 7 aliphatic rings. The average molecular weight is 1790 g/mol. The summed E-state index contributed by atoms with van der Waals surface area (Å²) < 4.78 is 116. The molecule has 2 fully saturated rings. The van der Waals surface area contributed by atoms with Crippen molar-refractivity contribution >= 4 is 86.8 Å². The van der Waals surface area contributed by atoms with Gasteiger partial charge in [0.05, 0.1) is 145 Å². The molecule has 34 nitrogen and oxygen atoms in total. The number of halogens is 3. The second-order valence-electron chi connectivity index (χ2n) is 29.9. The summed E-state index contributed by atoms with van der Waals surface area (Å²) in [6, 6.07) is 43.3. The fourth-order valence-corrected chi connectivity index (χ4v) is 15.2. The van der Waals surface area contributed by atoms with Crippen molar-refractivity contribution < 1.29 is 136 Å². The largest absolute Gasteiger partial charge is 0.534 e. The van der Waals surface area contributed by atoms with Crippen LogP contribution in [0, 0.1) is 0 Å². The smallest absolute Gasteiger partial charge is 0.507 e. The topological polar surface area (TPSA) is 399 Å². The molecule has 0 aromatic heterocycles. The summed E-state index contributed by atoms with van der Waals surface area (Å²) in [6.07, 6.45) is -0.345. The molecule has 0 aliphatic carbocycles. The number of carbonyl (C=O) groups excluding carboxylic acids is 11. The Hall–Kier alpha value is -15.0. The van der Waals surface area contributed by atoms with E-state index in [4.69, 9.17) is 47.7 Å². The summed E-state index contributed by atoms with van der Waals surface area (Å²) in [5, 5.41) is 22.3. The van der Waals surface area contributed by atoms with Crippen molar-refractivity contribution in [3.8, 4) is 63.2 Å². The van der Waals surface area contributed by atoms with Crippen LogP contribution in [-0.2, 0) is 45.8 Å². The number of phenolic OH excluding ortho intramolecular Hbond substituents is 2. The number of esters is 2. The Morgan fingerprint density at radius 3 is 1.05 bits per heavy atom. The number of rotatable bonds is 20. The van der Waals surface area contributed by atoms with Crippen molar-refractivity contribution in [3.05, 3.63) is 242 Å². The van der Waals surface area contributed by atoms with Gasteiger partial charge >= 0.3 is 33.7 Å². The zero-order valence-electron chi connectivity index (χ0n) is 70.9. The quantitative estimate of drug-likeness (QED) is 0.0210. The van der Waals surface area contributed by atoms with E-state index in [-0.39, 0.29) is 95.2 Å². The van der Waals surface area contributed by atoms with Crippen molar-refractivity contribution in [2.75, 3.05) is 119 Å². The van der Waals surface area contributed by atoms with Gasteiger partial charge in [0.25, 0.3) is 47.3 Å². The second kappa shape index (κ2) is 38.7. The minimum atomic E-state index is -6.02. The Bertz CT molecular complexity index is 6030. The molecule has 0 bridgehead atoms. The summed E-state index contributed by atoms with van der Waals surface area (Å²) in [7, 11) is 6.07. The monoisotopic (exact) mass is 1780 g/mol. The van der Waals surface area contributed by atoms with Gasteiger partial charge in [-0.15, -0.1) is 0 Å². The first-order chi connectivity index (χ1) is 61.0. The van der Waals surface area contributed by atoms with E-state index in [9.17, 15) is 79.4 Å². The van der Waals surface area contributed by atoms with Gasteiger partial charge in [-0.05, 0) is 152 Å². The maximum atomic E-state index is 13.4. The number of methoxy groups -OCH3 is 8. The molecule has 0 saturated carbocycles. The number of nitrogens with one attached hydrogen (secondary N) is 1. The lowest BCUT2D eigenvalue weighted by Gasteiger charge is -2.37. The fourth-order valence-electron chi connectivity index (χ4n) is 14.7. The number of hydrogen-bond acceptors (Lipinski definition) is 29. The van der Waals surface area contributed by atoms with Gasteiger partial charge in [0.2, 0.25) is 0 Å². The van der Waals surface area contributed by atoms with Crippen LogP contribution in [-0.4, -0.2) is 229 Å². The molecule has 16 rings (SSSR count). The molecule has 0 radical (unpaired) electrons. The number of imide groups is 4. The molecule has 9 aromatic rings. The third kappa shape index (κ3) is 19.3. The second-order valence-corrected chi connectivity index (χ2v) is 31.4. The number of fused-ring (bicyclic) bond motifs is 5. The number of hydrogen-bond donors (Lipinski definition) is 3. The van der Waals surface area contributed by atoms with Crippen LogP contribution in [0.3, 0.4) is 0 Å². The van der Waals surface area contributed by atoms with E-state index in [1.165, 1.54) is 80.7 Å². The zero-order valence-corrected chi connectivity index (χ0v) is 71.8. The summed E-state index contributed by atoms with van der Waals surface area (Å²) >= 11 is 0. The maximum absolute atomic E-state index is 13.4. The number of aromatic hydroxyl groups is 2. The molecule has 0 unspecified atom stereocenters. The lowest BCUT2D eigenvalue weighted by atomic mass is 10.1. The third-order valence-corrected chi connectivity index (χ3v) is 21.9. The predicted octanol–water partition coefficient (Wildman–Crippen LogP) is 11.1. The van der Waals surface area contributed by atoms with Gasteiger partial charge in [-0.1, -0.05) is 54.6 Å². The Kier molecular flexibility index (Phi) is 27.9. The van der Waals surface area contributed by atoms with Gasteiger partial charge in [0, 0.05) is 52.4 Å². The highest BCUT2D eigenvalue weighted by molar-refractivity contribution is 7.88. The van der Waals surface area contributed by atoms with Gasteiger partial charge in [0.15, 0.2) is 51.7 Å². The molecule has 9 aromatic carbocycles. The predicted molar refractivity (Wildman–Crippen MR) is 451 cm³/mol. The summed E-state index contributed by atoms with van der Waals surface area (Å²) in [4.78, 5) is 147. The molecule has 9 amide bonds. The number of phenols is 2. The maximum Gasteiger partial charge on any atom is 0.534 e. The van der Waals surface area contributed by atoms with E-state index < -0.39 is 68.1 Å². The Balaban J connectivity index is 0.000000149. The summed E-state index contributed by atoms with van der Waals surface area (Å²) in [6.45, 7) is 11.0. The van der Waals surface area contributed by atoms with Gasteiger partial charge in [0.1, 0.15) is 22.7 Å². The van der Waals surface area contributed by atoms with Crippen LogP contribution in [0.1, 0.15) is 147 Å². The van der Waals surface area contributed by atoms with Crippen molar-refractivity contribution in [2.24, 2.45) is 0 Å². The molecule has 7 aliphatic heterocycles. The van der Waals surface area contributed by atoms with Crippen molar-refractivity contribution in [1.29, 1.82) is 0 Å². The number of nitrogens with zero attached hydrogens (tertiary/aromatic N) is 7. The minimum Gasteiger partial charge on any atom is -0.507 e. The van der Waals surface area contributed by atoms with Crippen LogP contribution in [0.4, 0.5) is 29.3 Å². The molecule has 0 spiro atoms. The van der Waals surface area contributed by atoms with Crippen molar-refractivity contribution in [3.63, 3.8) is 0 Å². The van der Waals surface area contributed by atoms with Gasteiger partial charge in [-0.3, -0.25) is 58.0 Å². The van der Waals surface area contributed by atoms with Crippen LogP contribution >= 0.6 is 0 Å². The molecule has 670 valence electrons. The molecule has 38 heteroatoms. The van der Waals surface area contributed by atoms with Crippen molar-refractivity contribution in [1.82, 2.24) is 29.8 Å². The molecule has 128 heavy (non-hydrogen) atoms. The van der Waals surface area contributed by atoms with Gasteiger partial charge in [-0.25, -0.2) is 14.4 Å². The third-order valence-electron chi connectivity index (χ3n) is 20.9. The van der Waals surface area contributed by atoms with E-state index in [1.807, 2.05) is 56.0 Å². The summed E-state index contributed by atoms with van der Waals surface area (Å²) in [5.74, 6) is -2.52. The highest BCUT2D eigenvalue weighted by Gasteiger charge is 2.51. The molecule has 2 saturated heterocycles. The number of anilines is 2. The average Bonchev–Trinajstić information content (AvgIpc) is 1.61. The van der Waals surface area contributed by atoms with Crippen LogP contribution < -0.4 is 57.2 Å². The normalized spacial score (nSPS) is 14.9. The number of cyclic esters (lactones) is 2. The number of benzene rings is 9. The molecule has 7 heterocycles. The van der Waals surface area contributed by atoms with Crippen LogP contribution in [0.15, 0.2) is 164 Å². The number of amides is 9. The van der Waals surface area contributed by atoms with E-state index in [0.717, 1.165) is 70.5 Å². The molecule has 0 atom stereocenters. The van der Waals surface area contributed by atoms with Gasteiger partial charge < -0.3 is 81.8 Å². The standard InChI is InChI=1S/C26H31N3O6.C21H23N3O4.C18H14F3NO7S.C17H15NO5.C8H4O4/c1-26(2,3)35-25(32)28-13-11-27(12-14-28)19-8-6-7-18-22(19)24(31)29(23(18)30)16-17-9-10-20(33-4)21(15-17)34-5;1-27-17-7-6-14(12-18(17)28-2)13-24-20(25)15-4-3-5-16(19(15)21(24)26)23-10-8-22-9-11-23;1-27-12-7-6-10(8-14(12)28-2)9-22-16(23)11-4-3-5-13(15(11)17(22)24)29-30(25,26)18(19,20)21;1-22-13-7-6-10(8-14(13)23-2)9-18-16(20)11-4-3-5-12(19)15(11)17(18)21;9-5-3-1-2-4-6(5)8(11)12-7(4)10/h6-10,15H,11-14,16H2,1-5H3;3-7,12,22H,8-11,13H2,1-2H3;3-8H,9H2,1-2H3;3-8,19H,9H2,1-2H3;1-3,9H. The lowest BCUT2D eigenvalue weighted by Crippen LogP contribution is -2.50. The van der Waals surface area contributed by atoms with Crippen LogP contribution in [0.2, 0.25) is 0 Å². The molecular formula is C90H87F3N8O26S. The highest BCUT2D eigenvalue weighted by Crippen LogP contribution is 2.42. The lowest BCUT2D eigenvalue weighted by molar-refractivity contribution is -0.0500. The van der Waals surface area contributed by atoms with E-state index in [1.54, 1.807) is 112 Å². The van der Waals surface area contributed by atoms with Crippen molar-refractivity contribution in [2.45, 2.75) is 58.1 Å². The SMILES string of the molecule is COc1ccc(CN2C(=O)c3cccc(N4CCN(C(=O)OC(C)(C)C)CC4)c3C2=O)cc1OC.COc1ccc(CN2C(=O)c3cccc(N4CCNCC4)c3C2=O)cc1OC.COc1ccc(CN2C(=O)c3cccc(O)c3C2=O)cc1OC.COc1ccc(CN2C(=O)c3cccc(OS(=O)(=O)C(F)(F)F)c3C2=O)cc1OC.O=C1OC(=O)c2c(O)cccc21. The fraction of sp³-hybridized carbons (Fsp3) is 0.278. The Morgan fingerprint density at radius 1 is 0.375 bits per heavy atom. The van der Waals surface area contributed by atoms with Crippen LogP contribution in [0.25, 0.3) is 0 Å². The van der Waals surface area contributed by atoms with E-state index >= 15 is 0 Å². The Labute approximate surface area is 731 Å². The first-order valence-corrected chi connectivity index (χ1v) is 40.7. The molecule has 3 N–H and O–H groups in total. The highest BCUT2D eigenvalue weighted by atomic mass is 32.2. The number of carbonyl (C=O) groups is 11. The first kappa shape index (κ1) is 92.2. The van der Waals surface area contributed by atoms with E-state index in [2.05, 4.69) is 19.1 Å². The number of alkyl halides is 3. The van der Waals surface area contributed by atoms with Crippen LogP contribution in [0.5, 0.6) is 63.2 Å². The van der Waals surface area contributed by atoms with Gasteiger partial charge in [-0.2, -0.15) is 21.6 Å². The Morgan fingerprint density at radius 2 is 0.695 bits per heavy atom. The number of piperazine rings is 2. The molecular weight excluding hydrogens is 1700 g/mol. The van der Waals surface area contributed by atoms with E-state index in [0.29, 0.717) is 106 Å². The number of ether oxygens (including phenoxy) is 10. The zero-order chi connectivity index (χ0) is 92.5. The first-order valence-electron chi connectivity index (χ1n) is 39.3. The minimum absolute atomic E-state index is 0.0394. The summed E-state index contributed by atoms with van der Waals surface area (Å²) in [5.41, 5.74) is -0.652.